The molecule has 2 aliphatic rings. The number of nitrogens with two attached hydrogens (primary N) is 1. The molecule has 4 rings (SSSR count). The van der Waals surface area contributed by atoms with Crippen LogP contribution in [-0.4, -0.2) is 59.4 Å². The van der Waals surface area contributed by atoms with E-state index in [0.717, 1.165) is 11.1 Å². The first-order chi connectivity index (χ1) is 18.8. The predicted molar refractivity (Wildman–Crippen MR) is 146 cm³/mol. The Hall–Kier alpha value is -3.72. The van der Waals surface area contributed by atoms with Gasteiger partial charge in [-0.2, -0.15) is 0 Å². The molecule has 2 saturated heterocycles. The van der Waals surface area contributed by atoms with Crippen molar-refractivity contribution in [3.05, 3.63) is 71.8 Å². The summed E-state index contributed by atoms with van der Waals surface area (Å²) in [5, 5.41) is 6.01. The number of fused-ring (bicyclic) bond motifs is 1. The van der Waals surface area contributed by atoms with E-state index in [4.69, 9.17) is 10.5 Å². The van der Waals surface area contributed by atoms with Crippen molar-refractivity contribution >= 4 is 23.7 Å². The Balaban J connectivity index is 1.59. The third-order valence-corrected chi connectivity index (χ3v) is 7.80. The summed E-state index contributed by atoms with van der Waals surface area (Å²) in [4.78, 5) is 53.8. The predicted octanol–water partition coefficient (Wildman–Crippen LogP) is 2.45. The topological polar surface area (TPSA) is 131 Å². The summed E-state index contributed by atoms with van der Waals surface area (Å²) in [6.07, 6.45) is 2.84. The Morgan fingerprint density at radius 1 is 0.974 bits per heavy atom. The number of esters is 1. The van der Waals surface area contributed by atoms with Gasteiger partial charge >= 0.3 is 5.97 Å². The standard InChI is InChI=1S/C30H38N4O5/c1-3-24(31)28(36)33-27-22(18-39-19(2)35)14-15-23-16-17-25(34(23)30(27)38)29(37)32-26(20-10-6-4-7-11-20)21-12-8-5-9-13-21/h4-13,22-27H,3,14-18,31H2,1-2H3,(H,32,37)(H,33,36)/t22-,23+,24+,25+,27+/m1/s1. The molecule has 208 valence electrons. The van der Waals surface area contributed by atoms with E-state index in [2.05, 4.69) is 10.6 Å². The second kappa shape index (κ2) is 12.9. The Morgan fingerprint density at radius 2 is 1.56 bits per heavy atom. The van der Waals surface area contributed by atoms with Gasteiger partial charge in [-0.25, -0.2) is 0 Å². The molecular formula is C30H38N4O5. The average Bonchev–Trinajstić information content (AvgIpc) is 3.33. The fraction of sp³-hybridized carbons (Fsp3) is 0.467. The van der Waals surface area contributed by atoms with E-state index in [9.17, 15) is 19.2 Å². The fourth-order valence-corrected chi connectivity index (χ4v) is 5.61. The Morgan fingerprint density at radius 3 is 2.13 bits per heavy atom. The molecule has 39 heavy (non-hydrogen) atoms. The van der Waals surface area contributed by atoms with Gasteiger partial charge < -0.3 is 26.0 Å². The summed E-state index contributed by atoms with van der Waals surface area (Å²) in [5.74, 6) is -1.87. The van der Waals surface area contributed by atoms with Crippen molar-refractivity contribution in [2.75, 3.05) is 6.61 Å². The lowest BCUT2D eigenvalue weighted by molar-refractivity contribution is -0.147. The molecule has 2 fully saturated rings. The number of carbonyl (C=O) groups is 4. The van der Waals surface area contributed by atoms with E-state index < -0.39 is 35.9 Å². The van der Waals surface area contributed by atoms with Gasteiger partial charge in [0.15, 0.2) is 0 Å². The van der Waals surface area contributed by atoms with Crippen LogP contribution in [0.1, 0.15) is 63.1 Å². The van der Waals surface area contributed by atoms with Crippen LogP contribution in [-0.2, 0) is 23.9 Å². The summed E-state index contributed by atoms with van der Waals surface area (Å²) in [6, 6.07) is 16.5. The van der Waals surface area contributed by atoms with Crippen LogP contribution in [0.2, 0.25) is 0 Å². The van der Waals surface area contributed by atoms with Crippen molar-refractivity contribution in [3.8, 4) is 0 Å². The number of amides is 3. The average molecular weight is 535 g/mol. The first kappa shape index (κ1) is 28.3. The Kier molecular flexibility index (Phi) is 9.35. The zero-order chi connectivity index (χ0) is 27.9. The maximum Gasteiger partial charge on any atom is 0.302 e. The normalized spacial score (nSPS) is 23.5. The Labute approximate surface area is 229 Å². The molecule has 0 unspecified atom stereocenters. The van der Waals surface area contributed by atoms with Gasteiger partial charge in [0.25, 0.3) is 0 Å². The lowest BCUT2D eigenvalue weighted by Crippen LogP contribution is -2.58. The number of hydrogen-bond acceptors (Lipinski definition) is 6. The van der Waals surface area contributed by atoms with Gasteiger partial charge in [0.2, 0.25) is 17.7 Å². The largest absolute Gasteiger partial charge is 0.465 e. The highest BCUT2D eigenvalue weighted by Crippen LogP contribution is 2.35. The van der Waals surface area contributed by atoms with Crippen molar-refractivity contribution in [2.45, 2.75) is 76.2 Å². The van der Waals surface area contributed by atoms with E-state index >= 15 is 0 Å². The van der Waals surface area contributed by atoms with Crippen LogP contribution < -0.4 is 16.4 Å². The van der Waals surface area contributed by atoms with Gasteiger partial charge in [0.1, 0.15) is 12.1 Å². The maximum atomic E-state index is 14.0. The lowest BCUT2D eigenvalue weighted by atomic mass is 9.93. The highest BCUT2D eigenvalue weighted by Gasteiger charge is 2.48. The third-order valence-electron chi connectivity index (χ3n) is 7.80. The minimum absolute atomic E-state index is 0.00882. The number of nitrogens with one attached hydrogen (secondary N) is 2. The molecule has 0 saturated carbocycles. The van der Waals surface area contributed by atoms with Crippen molar-refractivity contribution < 1.29 is 23.9 Å². The second-order valence-electron chi connectivity index (χ2n) is 10.4. The van der Waals surface area contributed by atoms with Crippen molar-refractivity contribution in [1.82, 2.24) is 15.5 Å². The van der Waals surface area contributed by atoms with Crippen molar-refractivity contribution in [3.63, 3.8) is 0 Å². The van der Waals surface area contributed by atoms with Gasteiger partial charge in [-0.3, -0.25) is 19.2 Å². The highest BCUT2D eigenvalue weighted by molar-refractivity contribution is 5.94. The summed E-state index contributed by atoms with van der Waals surface area (Å²) >= 11 is 0. The highest BCUT2D eigenvalue weighted by atomic mass is 16.5. The SMILES string of the molecule is CC[C@H](N)C(=O)N[C@@H]1C(=O)N2[C@@H](CC[C@@H]1COC(C)=O)CC[C@H]2C(=O)NC(c1ccccc1)c1ccccc1. The number of nitrogens with zero attached hydrogens (tertiary/aromatic N) is 1. The number of carbonyl (C=O) groups excluding carboxylic acids is 4. The summed E-state index contributed by atoms with van der Waals surface area (Å²) in [6.45, 7) is 3.12. The quantitative estimate of drug-likeness (QED) is 0.424. The molecule has 0 spiro atoms. The molecule has 9 nitrogen and oxygen atoms in total. The van der Waals surface area contributed by atoms with Crippen LogP contribution >= 0.6 is 0 Å². The van der Waals surface area contributed by atoms with Crippen LogP contribution in [0.5, 0.6) is 0 Å². The van der Waals surface area contributed by atoms with Gasteiger partial charge in [0, 0.05) is 18.9 Å². The third kappa shape index (κ3) is 6.65. The van der Waals surface area contributed by atoms with Crippen LogP contribution in [0.25, 0.3) is 0 Å². The number of rotatable bonds is 9. The van der Waals surface area contributed by atoms with E-state index in [-0.39, 0.29) is 30.5 Å². The molecule has 2 aromatic rings. The van der Waals surface area contributed by atoms with Crippen LogP contribution in [0.15, 0.2) is 60.7 Å². The molecule has 2 heterocycles. The maximum absolute atomic E-state index is 14.0. The van der Waals surface area contributed by atoms with Gasteiger partial charge in [-0.1, -0.05) is 67.6 Å². The Bertz CT molecular complexity index is 1120. The van der Waals surface area contributed by atoms with E-state index in [1.807, 2.05) is 60.7 Å². The zero-order valence-electron chi connectivity index (χ0n) is 22.5. The van der Waals surface area contributed by atoms with E-state index in [1.54, 1.807) is 11.8 Å². The molecule has 3 amide bonds. The molecule has 2 aliphatic heterocycles. The number of benzene rings is 2. The molecule has 0 aliphatic carbocycles. The van der Waals surface area contributed by atoms with Crippen LogP contribution in [0, 0.1) is 5.92 Å². The molecule has 9 heteroatoms. The first-order valence-electron chi connectivity index (χ1n) is 13.7. The molecular weight excluding hydrogens is 496 g/mol. The second-order valence-corrected chi connectivity index (χ2v) is 10.4. The number of ether oxygens (including phenoxy) is 1. The minimum Gasteiger partial charge on any atom is -0.465 e. The molecule has 0 radical (unpaired) electrons. The van der Waals surface area contributed by atoms with E-state index in [0.29, 0.717) is 32.1 Å². The van der Waals surface area contributed by atoms with Gasteiger partial charge in [0.05, 0.1) is 18.7 Å². The lowest BCUT2D eigenvalue weighted by Gasteiger charge is -2.33. The minimum atomic E-state index is -0.938. The van der Waals surface area contributed by atoms with Gasteiger partial charge in [-0.05, 0) is 43.2 Å². The van der Waals surface area contributed by atoms with Crippen molar-refractivity contribution in [1.29, 1.82) is 0 Å². The summed E-state index contributed by atoms with van der Waals surface area (Å²) in [7, 11) is 0. The molecule has 0 bridgehead atoms. The summed E-state index contributed by atoms with van der Waals surface area (Å²) in [5.41, 5.74) is 7.82. The molecule has 5 atom stereocenters. The molecule has 2 aromatic carbocycles. The van der Waals surface area contributed by atoms with Gasteiger partial charge in [-0.15, -0.1) is 0 Å². The molecule has 0 aromatic heterocycles. The number of hydrogen-bond donors (Lipinski definition) is 3. The van der Waals surface area contributed by atoms with Crippen LogP contribution in [0.3, 0.4) is 0 Å². The monoisotopic (exact) mass is 534 g/mol. The van der Waals surface area contributed by atoms with Crippen LogP contribution in [0.4, 0.5) is 0 Å². The zero-order valence-corrected chi connectivity index (χ0v) is 22.5. The fourth-order valence-electron chi connectivity index (χ4n) is 5.61. The molecule has 4 N–H and O–H groups in total. The van der Waals surface area contributed by atoms with E-state index in [1.165, 1.54) is 6.92 Å². The smallest absolute Gasteiger partial charge is 0.302 e. The van der Waals surface area contributed by atoms with Crippen molar-refractivity contribution in [2.24, 2.45) is 11.7 Å². The summed E-state index contributed by atoms with van der Waals surface area (Å²) < 4.78 is 5.26. The first-order valence-corrected chi connectivity index (χ1v) is 13.7.